The fourth-order valence-corrected chi connectivity index (χ4v) is 4.42. The molecule has 0 aliphatic heterocycles. The topological polar surface area (TPSA) is 45.2 Å². The number of hydrogen-bond acceptors (Lipinski definition) is 3. The summed E-state index contributed by atoms with van der Waals surface area (Å²) in [4.78, 5) is 19.2. The van der Waals surface area contributed by atoms with Crippen LogP contribution >= 0.6 is 11.3 Å². The Labute approximate surface area is 138 Å². The Balaban J connectivity index is 1.72. The van der Waals surface area contributed by atoms with Gasteiger partial charge in [0.1, 0.15) is 7.85 Å². The van der Waals surface area contributed by atoms with Gasteiger partial charge in [-0.05, 0) is 30.5 Å². The van der Waals surface area contributed by atoms with Crippen molar-refractivity contribution in [1.29, 1.82) is 0 Å². The van der Waals surface area contributed by atoms with E-state index in [1.54, 1.807) is 6.20 Å². The van der Waals surface area contributed by atoms with Gasteiger partial charge in [0.2, 0.25) is 0 Å². The molecule has 0 bridgehead atoms. The number of urea groups is 1. The highest BCUT2D eigenvalue weighted by Crippen LogP contribution is 2.30. The number of aromatic nitrogens is 1. The van der Waals surface area contributed by atoms with Crippen LogP contribution in [-0.4, -0.2) is 35.8 Å². The number of carbonyl (C=O) groups excluding carboxylic acids is 1. The van der Waals surface area contributed by atoms with Crippen molar-refractivity contribution in [2.24, 2.45) is 0 Å². The van der Waals surface area contributed by atoms with Gasteiger partial charge < -0.3 is 4.90 Å². The van der Waals surface area contributed by atoms with E-state index in [9.17, 15) is 4.79 Å². The Morgan fingerprint density at radius 3 is 2.09 bits per heavy atom. The molecule has 2 aliphatic rings. The lowest BCUT2D eigenvalue weighted by atomic mass is 9.89. The molecule has 6 heteroatoms. The molecule has 0 aromatic carbocycles. The zero-order valence-corrected chi connectivity index (χ0v) is 13.9. The molecule has 2 fully saturated rings. The van der Waals surface area contributed by atoms with Crippen LogP contribution in [0.3, 0.4) is 0 Å². The molecule has 2 aliphatic carbocycles. The van der Waals surface area contributed by atoms with Gasteiger partial charge in [-0.15, -0.1) is 11.3 Å². The molecule has 4 nitrogen and oxygen atoms in total. The maximum Gasteiger partial charge on any atom is 0.324 e. The van der Waals surface area contributed by atoms with E-state index in [2.05, 4.69) is 15.2 Å². The fourth-order valence-electron chi connectivity index (χ4n) is 3.85. The number of rotatable bonds is 3. The van der Waals surface area contributed by atoms with E-state index in [4.69, 9.17) is 7.85 Å². The molecule has 1 heterocycles. The van der Waals surface area contributed by atoms with Crippen molar-refractivity contribution in [3.05, 3.63) is 6.20 Å². The monoisotopic (exact) mass is 317 g/mol. The van der Waals surface area contributed by atoms with Gasteiger partial charge in [-0.25, -0.2) is 9.78 Å². The fraction of sp³-hybridized carbons (Fsp3) is 0.750. The molecule has 0 saturated heterocycles. The molecule has 1 aromatic rings. The third-order valence-corrected chi connectivity index (χ3v) is 5.65. The Morgan fingerprint density at radius 2 is 1.64 bits per heavy atom. The van der Waals surface area contributed by atoms with Crippen molar-refractivity contribution >= 4 is 35.1 Å². The van der Waals surface area contributed by atoms with Gasteiger partial charge in [0, 0.05) is 18.3 Å². The summed E-state index contributed by atoms with van der Waals surface area (Å²) in [6.45, 7) is 0. The third-order valence-electron chi connectivity index (χ3n) is 4.91. The summed E-state index contributed by atoms with van der Waals surface area (Å²) in [6, 6.07) is 0.816. The summed E-state index contributed by atoms with van der Waals surface area (Å²) in [7, 11) is 5.71. The summed E-state index contributed by atoms with van der Waals surface area (Å²) >= 11 is 1.33. The lowest BCUT2D eigenvalue weighted by Crippen LogP contribution is -2.50. The normalized spacial score (nSPS) is 20.7. The smallest absolute Gasteiger partial charge is 0.319 e. The highest BCUT2D eigenvalue weighted by molar-refractivity contribution is 7.23. The first-order valence-electron chi connectivity index (χ1n) is 8.54. The van der Waals surface area contributed by atoms with Crippen molar-refractivity contribution in [1.82, 2.24) is 9.88 Å². The second kappa shape index (κ2) is 7.49. The SMILES string of the molecule is [B]c1cnc(NC(=O)N(C2CCCCC2)C2CCCCC2)s1. The van der Waals surface area contributed by atoms with Crippen LogP contribution in [0.4, 0.5) is 9.93 Å². The van der Waals surface area contributed by atoms with Crippen LogP contribution < -0.4 is 10.1 Å². The third kappa shape index (κ3) is 3.83. The van der Waals surface area contributed by atoms with Gasteiger partial charge in [-0.1, -0.05) is 38.5 Å². The molecular weight excluding hydrogens is 293 g/mol. The number of amides is 2. The summed E-state index contributed by atoms with van der Waals surface area (Å²) in [5, 5.41) is 3.58. The summed E-state index contributed by atoms with van der Waals surface area (Å²) in [5.41, 5.74) is 0. The number of anilines is 1. The first-order valence-corrected chi connectivity index (χ1v) is 9.36. The first-order chi connectivity index (χ1) is 10.7. The summed E-state index contributed by atoms with van der Waals surface area (Å²) in [5.74, 6) is 0. The van der Waals surface area contributed by atoms with Crippen molar-refractivity contribution in [3.8, 4) is 0 Å². The highest BCUT2D eigenvalue weighted by Gasteiger charge is 2.32. The van der Waals surface area contributed by atoms with E-state index in [0.29, 0.717) is 22.0 Å². The Morgan fingerprint density at radius 1 is 1.09 bits per heavy atom. The molecule has 22 heavy (non-hydrogen) atoms. The summed E-state index contributed by atoms with van der Waals surface area (Å²) in [6.07, 6.45) is 13.8. The van der Waals surface area contributed by atoms with Crippen LogP contribution in [0.15, 0.2) is 6.20 Å². The van der Waals surface area contributed by atoms with Gasteiger partial charge in [-0.2, -0.15) is 0 Å². The number of carbonyl (C=O) groups is 1. The quantitative estimate of drug-likeness (QED) is 0.868. The Kier molecular flexibility index (Phi) is 5.39. The minimum absolute atomic E-state index is 0.0214. The standard InChI is InChI=1S/C16H24BN3OS/c17-14-11-18-15(22-14)19-16(21)20(12-7-3-1-4-8-12)13-9-5-2-6-10-13/h11-13H,1-10H2,(H,18,19,21). The zero-order chi connectivity index (χ0) is 15.4. The molecule has 1 aromatic heterocycles. The molecular formula is C16H24BN3OS. The molecule has 0 spiro atoms. The van der Waals surface area contributed by atoms with Gasteiger partial charge in [0.25, 0.3) is 0 Å². The average molecular weight is 317 g/mol. The van der Waals surface area contributed by atoms with Gasteiger partial charge in [0.05, 0.1) is 0 Å². The van der Waals surface area contributed by atoms with Crippen LogP contribution in [0, 0.1) is 0 Å². The van der Waals surface area contributed by atoms with E-state index < -0.39 is 0 Å². The van der Waals surface area contributed by atoms with Crippen LogP contribution in [-0.2, 0) is 0 Å². The number of hydrogen-bond donors (Lipinski definition) is 1. The predicted octanol–water partition coefficient (Wildman–Crippen LogP) is 3.44. The number of nitrogens with one attached hydrogen (secondary N) is 1. The van der Waals surface area contributed by atoms with Gasteiger partial charge in [0.15, 0.2) is 5.13 Å². The Hall–Kier alpha value is -1.04. The largest absolute Gasteiger partial charge is 0.324 e. The lowest BCUT2D eigenvalue weighted by Gasteiger charge is -2.41. The van der Waals surface area contributed by atoms with Gasteiger partial charge >= 0.3 is 6.03 Å². The van der Waals surface area contributed by atoms with E-state index in [-0.39, 0.29) is 6.03 Å². The van der Waals surface area contributed by atoms with Crippen LogP contribution in [0.25, 0.3) is 0 Å². The molecule has 3 rings (SSSR count). The second-order valence-electron chi connectivity index (χ2n) is 6.49. The molecule has 1 N–H and O–H groups in total. The van der Waals surface area contributed by atoms with E-state index in [0.717, 1.165) is 25.7 Å². The molecule has 2 radical (unpaired) electrons. The maximum atomic E-state index is 12.9. The molecule has 2 saturated carbocycles. The number of nitrogens with zero attached hydrogens (tertiary/aromatic N) is 2. The first kappa shape index (κ1) is 15.8. The van der Waals surface area contributed by atoms with Crippen LogP contribution in [0.2, 0.25) is 0 Å². The van der Waals surface area contributed by atoms with Crippen LogP contribution in [0.1, 0.15) is 64.2 Å². The highest BCUT2D eigenvalue weighted by atomic mass is 32.1. The van der Waals surface area contributed by atoms with E-state index in [1.165, 1.54) is 49.9 Å². The van der Waals surface area contributed by atoms with Crippen LogP contribution in [0.5, 0.6) is 0 Å². The zero-order valence-electron chi connectivity index (χ0n) is 13.1. The number of thiazole rings is 1. The lowest BCUT2D eigenvalue weighted by molar-refractivity contribution is 0.114. The molecule has 2 amide bonds. The minimum Gasteiger partial charge on any atom is -0.319 e. The van der Waals surface area contributed by atoms with Crippen molar-refractivity contribution in [2.75, 3.05) is 5.32 Å². The van der Waals surface area contributed by atoms with E-state index >= 15 is 0 Å². The van der Waals surface area contributed by atoms with E-state index in [1.807, 2.05) is 0 Å². The molecule has 118 valence electrons. The maximum absolute atomic E-state index is 12.9. The van der Waals surface area contributed by atoms with Crippen molar-refractivity contribution < 1.29 is 4.79 Å². The predicted molar refractivity (Wildman–Crippen MR) is 92.1 cm³/mol. The van der Waals surface area contributed by atoms with Crippen molar-refractivity contribution in [3.63, 3.8) is 0 Å². The van der Waals surface area contributed by atoms with Crippen molar-refractivity contribution in [2.45, 2.75) is 76.3 Å². The van der Waals surface area contributed by atoms with Gasteiger partial charge in [-0.3, -0.25) is 5.32 Å². The summed E-state index contributed by atoms with van der Waals surface area (Å²) < 4.78 is 0.636. The average Bonchev–Trinajstić information content (AvgIpc) is 2.95. The molecule has 0 unspecified atom stereocenters. The Bertz CT molecular complexity index is 477. The molecule has 0 atom stereocenters. The minimum atomic E-state index is 0.0214. The second-order valence-corrected chi connectivity index (χ2v) is 7.55.